The van der Waals surface area contributed by atoms with Crippen LogP contribution in [0.5, 0.6) is 0 Å². The molecule has 2 heterocycles. The van der Waals surface area contributed by atoms with E-state index in [0.717, 1.165) is 50.1 Å². The van der Waals surface area contributed by atoms with E-state index in [4.69, 9.17) is 4.52 Å². The van der Waals surface area contributed by atoms with Crippen LogP contribution in [0.2, 0.25) is 0 Å². The van der Waals surface area contributed by atoms with E-state index >= 15 is 0 Å². The third-order valence-corrected chi connectivity index (χ3v) is 4.42. The molecule has 1 aliphatic heterocycles. The van der Waals surface area contributed by atoms with Gasteiger partial charge in [0.15, 0.2) is 5.82 Å². The lowest BCUT2D eigenvalue weighted by molar-refractivity contribution is 0.159. The van der Waals surface area contributed by atoms with Crippen molar-refractivity contribution in [3.05, 3.63) is 47.6 Å². The van der Waals surface area contributed by atoms with E-state index < -0.39 is 0 Å². The molecule has 0 spiro atoms. The fraction of sp³-hybridized carbons (Fsp3) is 0.556. The summed E-state index contributed by atoms with van der Waals surface area (Å²) in [6, 6.07) is 10.8. The highest BCUT2D eigenvalue weighted by molar-refractivity contribution is 5.15. The van der Waals surface area contributed by atoms with Crippen molar-refractivity contribution in [3.8, 4) is 0 Å². The molecule has 0 atom stereocenters. The van der Waals surface area contributed by atoms with Crippen LogP contribution in [0.3, 0.4) is 0 Å². The summed E-state index contributed by atoms with van der Waals surface area (Å²) in [5, 5.41) is 4.03. The Morgan fingerprint density at radius 1 is 1.18 bits per heavy atom. The van der Waals surface area contributed by atoms with Gasteiger partial charge in [-0.25, -0.2) is 0 Å². The molecule has 0 radical (unpaired) electrons. The Morgan fingerprint density at radius 2 is 1.95 bits per heavy atom. The van der Waals surface area contributed by atoms with Crippen LogP contribution in [0.4, 0.5) is 0 Å². The fourth-order valence-electron chi connectivity index (χ4n) is 3.17. The van der Waals surface area contributed by atoms with Crippen molar-refractivity contribution in [2.45, 2.75) is 45.6 Å². The normalized spacial score (nSPS) is 17.0. The molecule has 2 aromatic rings. The van der Waals surface area contributed by atoms with E-state index in [9.17, 15) is 0 Å². The van der Waals surface area contributed by atoms with Gasteiger partial charge in [0.1, 0.15) is 0 Å². The zero-order chi connectivity index (χ0) is 15.2. The quantitative estimate of drug-likeness (QED) is 0.819. The van der Waals surface area contributed by atoms with Crippen molar-refractivity contribution >= 4 is 0 Å². The van der Waals surface area contributed by atoms with Crippen LogP contribution < -0.4 is 0 Å². The van der Waals surface area contributed by atoms with Crippen LogP contribution in [0.1, 0.15) is 43.5 Å². The van der Waals surface area contributed by atoms with E-state index in [0.29, 0.717) is 0 Å². The third kappa shape index (κ3) is 4.17. The zero-order valence-corrected chi connectivity index (χ0v) is 13.4. The van der Waals surface area contributed by atoms with Crippen molar-refractivity contribution in [1.82, 2.24) is 15.0 Å². The van der Waals surface area contributed by atoms with Gasteiger partial charge in [0, 0.05) is 6.42 Å². The summed E-state index contributed by atoms with van der Waals surface area (Å²) in [7, 11) is 0. The Labute approximate surface area is 132 Å². The summed E-state index contributed by atoms with van der Waals surface area (Å²) in [4.78, 5) is 6.90. The molecule has 0 saturated carbocycles. The summed E-state index contributed by atoms with van der Waals surface area (Å²) in [5.74, 6) is 2.42. The van der Waals surface area contributed by atoms with E-state index in [1.807, 2.05) is 0 Å². The average Bonchev–Trinajstić information content (AvgIpc) is 2.98. The van der Waals surface area contributed by atoms with Crippen LogP contribution in [-0.2, 0) is 19.4 Å². The van der Waals surface area contributed by atoms with Gasteiger partial charge >= 0.3 is 0 Å². The minimum atomic E-state index is 0.768. The number of likely N-dealkylation sites (tertiary alicyclic amines) is 1. The van der Waals surface area contributed by atoms with Crippen LogP contribution in [0, 0.1) is 5.92 Å². The summed E-state index contributed by atoms with van der Waals surface area (Å²) in [5.41, 5.74) is 1.46. The first-order chi connectivity index (χ1) is 10.8. The van der Waals surface area contributed by atoms with Gasteiger partial charge in [-0.2, -0.15) is 4.98 Å². The van der Waals surface area contributed by atoms with E-state index in [1.165, 1.54) is 24.8 Å². The zero-order valence-electron chi connectivity index (χ0n) is 13.4. The molecule has 3 rings (SSSR count). The third-order valence-electron chi connectivity index (χ3n) is 4.42. The number of benzene rings is 1. The standard InChI is InChI=1S/C18H25N3O/c1-2-6-17-19-18(22-20-17)14-21-11-9-16(10-12-21)13-15-7-4-3-5-8-15/h3-5,7-8,16H,2,6,9-14H2,1H3. The van der Waals surface area contributed by atoms with Gasteiger partial charge in [0.05, 0.1) is 6.54 Å². The number of aryl methyl sites for hydroxylation is 1. The lowest BCUT2D eigenvalue weighted by Crippen LogP contribution is -2.34. The Bertz CT molecular complexity index is 559. The number of piperidine rings is 1. The van der Waals surface area contributed by atoms with Crippen LogP contribution in [-0.4, -0.2) is 28.1 Å². The highest BCUT2D eigenvalue weighted by atomic mass is 16.5. The molecular weight excluding hydrogens is 274 g/mol. The SMILES string of the molecule is CCCc1noc(CN2CCC(Cc3ccccc3)CC2)n1. The monoisotopic (exact) mass is 299 g/mol. The van der Waals surface area contributed by atoms with Crippen molar-refractivity contribution in [3.63, 3.8) is 0 Å². The van der Waals surface area contributed by atoms with Crippen LogP contribution in [0.15, 0.2) is 34.9 Å². The van der Waals surface area contributed by atoms with E-state index in [-0.39, 0.29) is 0 Å². The smallest absolute Gasteiger partial charge is 0.240 e. The molecule has 4 nitrogen and oxygen atoms in total. The molecule has 1 fully saturated rings. The molecule has 118 valence electrons. The lowest BCUT2D eigenvalue weighted by Gasteiger charge is -2.31. The van der Waals surface area contributed by atoms with Gasteiger partial charge in [-0.15, -0.1) is 0 Å². The van der Waals surface area contributed by atoms with Gasteiger partial charge in [-0.05, 0) is 50.3 Å². The number of rotatable bonds is 6. The second kappa shape index (κ2) is 7.54. The second-order valence-corrected chi connectivity index (χ2v) is 6.26. The van der Waals surface area contributed by atoms with Gasteiger partial charge in [0.2, 0.25) is 5.89 Å². The van der Waals surface area contributed by atoms with Crippen molar-refractivity contribution in [1.29, 1.82) is 0 Å². The van der Waals surface area contributed by atoms with Crippen molar-refractivity contribution in [2.75, 3.05) is 13.1 Å². The van der Waals surface area contributed by atoms with Crippen LogP contribution >= 0.6 is 0 Å². The molecule has 1 saturated heterocycles. The molecule has 22 heavy (non-hydrogen) atoms. The molecular formula is C18H25N3O. The summed E-state index contributed by atoms with van der Waals surface area (Å²) >= 11 is 0. The minimum absolute atomic E-state index is 0.768. The average molecular weight is 299 g/mol. The molecule has 4 heteroatoms. The first-order valence-corrected chi connectivity index (χ1v) is 8.41. The maximum absolute atomic E-state index is 5.34. The molecule has 0 unspecified atom stereocenters. The largest absolute Gasteiger partial charge is 0.338 e. The predicted molar refractivity (Wildman–Crippen MR) is 86.4 cm³/mol. The molecule has 1 aliphatic rings. The highest BCUT2D eigenvalue weighted by Crippen LogP contribution is 2.22. The maximum Gasteiger partial charge on any atom is 0.240 e. The van der Waals surface area contributed by atoms with Crippen molar-refractivity contribution in [2.24, 2.45) is 5.92 Å². The topological polar surface area (TPSA) is 42.2 Å². The molecule has 1 aromatic carbocycles. The highest BCUT2D eigenvalue weighted by Gasteiger charge is 2.21. The van der Waals surface area contributed by atoms with E-state index in [1.54, 1.807) is 0 Å². The van der Waals surface area contributed by atoms with Gasteiger partial charge in [0.25, 0.3) is 0 Å². The Hall–Kier alpha value is -1.68. The summed E-state index contributed by atoms with van der Waals surface area (Å²) in [6.45, 7) is 5.19. The van der Waals surface area contributed by atoms with Crippen LogP contribution in [0.25, 0.3) is 0 Å². The van der Waals surface area contributed by atoms with Gasteiger partial charge < -0.3 is 4.52 Å². The lowest BCUT2D eigenvalue weighted by atomic mass is 9.90. The summed E-state index contributed by atoms with van der Waals surface area (Å²) in [6.07, 6.45) is 5.68. The van der Waals surface area contributed by atoms with Gasteiger partial charge in [-0.1, -0.05) is 42.4 Å². The molecule has 0 amide bonds. The van der Waals surface area contributed by atoms with E-state index in [2.05, 4.69) is 52.3 Å². The van der Waals surface area contributed by atoms with Gasteiger partial charge in [-0.3, -0.25) is 4.90 Å². The Morgan fingerprint density at radius 3 is 2.68 bits per heavy atom. The first-order valence-electron chi connectivity index (χ1n) is 8.41. The number of hydrogen-bond donors (Lipinski definition) is 0. The minimum Gasteiger partial charge on any atom is -0.338 e. The fourth-order valence-corrected chi connectivity index (χ4v) is 3.17. The molecule has 1 aromatic heterocycles. The molecule has 0 bridgehead atoms. The number of nitrogens with zero attached hydrogens (tertiary/aromatic N) is 3. The molecule has 0 N–H and O–H groups in total. The Balaban J connectivity index is 1.45. The summed E-state index contributed by atoms with van der Waals surface area (Å²) < 4.78 is 5.34. The number of hydrogen-bond acceptors (Lipinski definition) is 4. The first kappa shape index (κ1) is 15.2. The predicted octanol–water partition coefficient (Wildman–Crippen LogP) is 3.48. The maximum atomic E-state index is 5.34. The Kier molecular flexibility index (Phi) is 5.22. The number of aromatic nitrogens is 2. The molecule has 0 aliphatic carbocycles. The second-order valence-electron chi connectivity index (χ2n) is 6.26. The van der Waals surface area contributed by atoms with Crippen molar-refractivity contribution < 1.29 is 4.52 Å².